The number of nitriles is 2. The second-order valence-corrected chi connectivity index (χ2v) is 5.82. The minimum absolute atomic E-state index is 0.167. The standard InChI is InChI=1S/C24H12N4O2/c1-27-21(15-25)19-13-24(30-18-11-7-4-8-12-18)20(22(16-26)28-2)14-23(19)29-17-9-5-3-6-10-17/h3-14H/b21-19-,22-20+. The molecule has 0 fully saturated rings. The molecule has 0 unspecified atom stereocenters. The molecule has 6 nitrogen and oxygen atoms in total. The van der Waals surface area contributed by atoms with E-state index in [1.165, 1.54) is 12.1 Å². The van der Waals surface area contributed by atoms with Gasteiger partial charge in [0, 0.05) is 10.4 Å². The smallest absolute Gasteiger partial charge is 0.272 e. The van der Waals surface area contributed by atoms with Gasteiger partial charge in [0.05, 0.1) is 25.3 Å². The molecular formula is C24H12N4O2. The SMILES string of the molecule is [C-]#[N+]/C(C#N)=c1/cc(Oc2ccccc2)/c(=C(\C#N)[N+]#[C-])cc1Oc1ccccc1. The van der Waals surface area contributed by atoms with Crippen LogP contribution in [0.25, 0.3) is 21.1 Å². The molecule has 0 atom stereocenters. The van der Waals surface area contributed by atoms with Crippen molar-refractivity contribution in [3.05, 3.63) is 106 Å². The fourth-order valence-electron chi connectivity index (χ4n) is 2.62. The van der Waals surface area contributed by atoms with Crippen LogP contribution in [0.1, 0.15) is 0 Å². The van der Waals surface area contributed by atoms with Crippen molar-refractivity contribution in [2.45, 2.75) is 0 Å². The minimum atomic E-state index is -0.202. The normalized spacial score (nSPS) is 11.6. The van der Waals surface area contributed by atoms with Gasteiger partial charge in [-0.25, -0.2) is 20.2 Å². The first-order valence-corrected chi connectivity index (χ1v) is 8.63. The van der Waals surface area contributed by atoms with E-state index in [1.54, 1.807) is 48.5 Å². The maximum atomic E-state index is 9.42. The molecule has 0 spiro atoms. The highest BCUT2D eigenvalue weighted by Crippen LogP contribution is 2.22. The molecule has 0 amide bonds. The summed E-state index contributed by atoms with van der Waals surface area (Å²) in [6.07, 6.45) is 0. The van der Waals surface area contributed by atoms with Gasteiger partial charge in [-0.15, -0.1) is 0 Å². The van der Waals surface area contributed by atoms with E-state index >= 15 is 0 Å². The Morgan fingerprint density at radius 1 is 0.667 bits per heavy atom. The summed E-state index contributed by atoms with van der Waals surface area (Å²) in [4.78, 5) is 6.56. The predicted molar refractivity (Wildman–Crippen MR) is 110 cm³/mol. The second-order valence-electron chi connectivity index (χ2n) is 5.82. The van der Waals surface area contributed by atoms with Crippen LogP contribution in [0.5, 0.6) is 23.0 Å². The molecule has 0 heterocycles. The van der Waals surface area contributed by atoms with E-state index in [0.29, 0.717) is 11.5 Å². The molecule has 0 aliphatic heterocycles. The summed E-state index contributed by atoms with van der Waals surface area (Å²) >= 11 is 0. The van der Waals surface area contributed by atoms with E-state index in [1.807, 2.05) is 24.3 Å². The number of hydrogen-bond acceptors (Lipinski definition) is 4. The minimum Gasteiger partial charge on any atom is -0.458 e. The molecule has 6 heteroatoms. The van der Waals surface area contributed by atoms with E-state index in [4.69, 9.17) is 22.6 Å². The molecule has 140 valence electrons. The van der Waals surface area contributed by atoms with Crippen molar-refractivity contribution in [1.29, 1.82) is 10.5 Å². The number of para-hydroxylation sites is 2. The average molecular weight is 388 g/mol. The number of nitrogens with zero attached hydrogens (tertiary/aromatic N) is 4. The summed E-state index contributed by atoms with van der Waals surface area (Å²) in [5.74, 6) is 1.29. The monoisotopic (exact) mass is 388 g/mol. The van der Waals surface area contributed by atoms with Crippen LogP contribution < -0.4 is 19.9 Å². The van der Waals surface area contributed by atoms with Crippen LogP contribution in [0, 0.1) is 35.8 Å². The number of hydrogen-bond donors (Lipinski definition) is 0. The highest BCUT2D eigenvalue weighted by atomic mass is 16.5. The third-order valence-corrected chi connectivity index (χ3v) is 3.97. The van der Waals surface area contributed by atoms with Crippen molar-refractivity contribution in [2.24, 2.45) is 0 Å². The molecule has 3 aromatic rings. The van der Waals surface area contributed by atoms with E-state index in [9.17, 15) is 10.5 Å². The van der Waals surface area contributed by atoms with E-state index in [0.717, 1.165) is 0 Å². The fraction of sp³-hybridized carbons (Fsp3) is 0. The Hall–Kier alpha value is -5.04. The summed E-state index contributed by atoms with van der Waals surface area (Å²) in [5, 5.41) is 19.2. The molecule has 0 aliphatic rings. The lowest BCUT2D eigenvalue weighted by molar-refractivity contribution is 0.462. The van der Waals surface area contributed by atoms with Crippen LogP contribution in [0.4, 0.5) is 0 Å². The molecule has 30 heavy (non-hydrogen) atoms. The van der Waals surface area contributed by atoms with Gasteiger partial charge >= 0.3 is 0 Å². The zero-order valence-corrected chi connectivity index (χ0v) is 15.5. The Bertz CT molecular complexity index is 1230. The predicted octanol–water partition coefficient (Wildman–Crippen LogP) is 4.37. The Kier molecular flexibility index (Phi) is 6.08. The number of rotatable bonds is 4. The van der Waals surface area contributed by atoms with Crippen molar-refractivity contribution in [3.63, 3.8) is 0 Å². The molecule has 3 rings (SSSR count). The van der Waals surface area contributed by atoms with Gasteiger partial charge in [-0.3, -0.25) is 0 Å². The van der Waals surface area contributed by atoms with Crippen molar-refractivity contribution in [1.82, 2.24) is 0 Å². The van der Waals surface area contributed by atoms with E-state index in [2.05, 4.69) is 9.69 Å². The number of benzene rings is 3. The lowest BCUT2D eigenvalue weighted by atomic mass is 10.1. The van der Waals surface area contributed by atoms with Crippen molar-refractivity contribution < 1.29 is 9.47 Å². The molecule has 0 aliphatic carbocycles. The van der Waals surface area contributed by atoms with Gasteiger partial charge in [-0.2, -0.15) is 0 Å². The van der Waals surface area contributed by atoms with Gasteiger partial charge in [-0.05, 0) is 36.4 Å². The zero-order valence-electron chi connectivity index (χ0n) is 15.5. The summed E-state index contributed by atoms with van der Waals surface area (Å²) in [6, 6.07) is 24.2. The molecule has 0 N–H and O–H groups in total. The lowest BCUT2D eigenvalue weighted by Crippen LogP contribution is -2.17. The van der Waals surface area contributed by atoms with Gasteiger partial charge in [0.2, 0.25) is 0 Å². The highest BCUT2D eigenvalue weighted by molar-refractivity contribution is 5.72. The van der Waals surface area contributed by atoms with Gasteiger partial charge < -0.3 is 9.47 Å². The molecular weight excluding hydrogens is 376 g/mol. The van der Waals surface area contributed by atoms with Crippen molar-refractivity contribution in [3.8, 4) is 35.1 Å². The quantitative estimate of drug-likeness (QED) is 0.622. The topological polar surface area (TPSA) is 74.8 Å². The first kappa shape index (κ1) is 19.7. The van der Waals surface area contributed by atoms with Crippen LogP contribution in [0.2, 0.25) is 0 Å². The van der Waals surface area contributed by atoms with Crippen molar-refractivity contribution >= 4 is 11.4 Å². The van der Waals surface area contributed by atoms with E-state index < -0.39 is 0 Å². The third kappa shape index (κ3) is 4.26. The molecule has 0 aromatic heterocycles. The van der Waals surface area contributed by atoms with Crippen molar-refractivity contribution in [2.75, 3.05) is 0 Å². The third-order valence-electron chi connectivity index (χ3n) is 3.97. The molecule has 0 saturated heterocycles. The molecule has 0 radical (unpaired) electrons. The Morgan fingerprint density at radius 3 is 1.33 bits per heavy atom. The van der Waals surface area contributed by atoms with Crippen LogP contribution >= 0.6 is 0 Å². The largest absolute Gasteiger partial charge is 0.458 e. The molecule has 0 saturated carbocycles. The second kappa shape index (κ2) is 9.25. The Balaban J connectivity index is 2.35. The van der Waals surface area contributed by atoms with Crippen LogP contribution in [-0.2, 0) is 0 Å². The van der Waals surface area contributed by atoms with E-state index in [-0.39, 0.29) is 33.3 Å². The van der Waals surface area contributed by atoms with Crippen LogP contribution in [0.3, 0.4) is 0 Å². The van der Waals surface area contributed by atoms with Gasteiger partial charge in [0.25, 0.3) is 11.4 Å². The maximum absolute atomic E-state index is 9.42. The van der Waals surface area contributed by atoms with Crippen LogP contribution in [0.15, 0.2) is 72.8 Å². The maximum Gasteiger partial charge on any atom is 0.272 e. The average Bonchev–Trinajstić information content (AvgIpc) is 2.79. The summed E-state index contributed by atoms with van der Waals surface area (Å²) < 4.78 is 11.8. The lowest BCUT2D eigenvalue weighted by Gasteiger charge is -2.12. The molecule has 3 aromatic carbocycles. The highest BCUT2D eigenvalue weighted by Gasteiger charge is 2.13. The first-order chi connectivity index (χ1) is 14.7. The zero-order chi connectivity index (χ0) is 21.3. The Morgan fingerprint density at radius 2 is 1.03 bits per heavy atom. The Labute approximate surface area is 173 Å². The number of ether oxygens (including phenoxy) is 2. The summed E-state index contributed by atoms with van der Waals surface area (Å²) in [6.45, 7) is 14.7. The fourth-order valence-corrected chi connectivity index (χ4v) is 2.62. The van der Waals surface area contributed by atoms with Crippen LogP contribution in [-0.4, -0.2) is 0 Å². The summed E-state index contributed by atoms with van der Waals surface area (Å²) in [5.41, 5.74) is -0.404. The van der Waals surface area contributed by atoms with Gasteiger partial charge in [-0.1, -0.05) is 36.4 Å². The van der Waals surface area contributed by atoms with Gasteiger partial charge in [0.15, 0.2) is 0 Å². The van der Waals surface area contributed by atoms with Gasteiger partial charge in [0.1, 0.15) is 23.0 Å². The first-order valence-electron chi connectivity index (χ1n) is 8.63. The summed E-state index contributed by atoms with van der Waals surface area (Å²) in [7, 11) is 0. The molecule has 0 bridgehead atoms.